The number of hydrogen-bond acceptors (Lipinski definition) is 1. The Bertz CT molecular complexity index is 417. The lowest BCUT2D eigenvalue weighted by Gasteiger charge is -2.20. The van der Waals surface area contributed by atoms with E-state index in [4.69, 9.17) is 11.6 Å². The molecule has 1 N–H and O–H groups in total. The molecule has 2 atom stereocenters. The topological polar surface area (TPSA) is 12.0 Å². The molecule has 2 unspecified atom stereocenters. The molecule has 1 aliphatic rings. The molecular weight excluding hydrogens is 298 g/mol. The van der Waals surface area contributed by atoms with Gasteiger partial charge in [-0.05, 0) is 58.3 Å². The number of anilines is 1. The van der Waals surface area contributed by atoms with Gasteiger partial charge in [-0.3, -0.25) is 0 Å². The third-order valence-electron chi connectivity index (χ3n) is 3.61. The van der Waals surface area contributed by atoms with Gasteiger partial charge in [-0.1, -0.05) is 32.4 Å². The van der Waals surface area contributed by atoms with Gasteiger partial charge in [0, 0.05) is 16.2 Å². The van der Waals surface area contributed by atoms with E-state index in [2.05, 4.69) is 48.1 Å². The molecule has 0 radical (unpaired) electrons. The Balaban J connectivity index is 2.08. The molecule has 1 nitrogen and oxygen atoms in total. The minimum Gasteiger partial charge on any atom is -0.382 e. The normalized spacial score (nSPS) is 27.1. The van der Waals surface area contributed by atoms with Crippen LogP contribution >= 0.6 is 27.5 Å². The molecule has 0 bridgehead atoms. The van der Waals surface area contributed by atoms with Crippen LogP contribution < -0.4 is 5.32 Å². The smallest absolute Gasteiger partial charge is 0.0549 e. The van der Waals surface area contributed by atoms with Gasteiger partial charge in [0.2, 0.25) is 0 Å². The average Bonchev–Trinajstić information content (AvgIpc) is 2.46. The SMILES string of the molecule is CC1CC(C)(C)CC1Nc1ccc(Cl)c(Br)c1. The Morgan fingerprint density at radius 2 is 2.06 bits per heavy atom. The number of hydrogen-bond donors (Lipinski definition) is 1. The van der Waals surface area contributed by atoms with Gasteiger partial charge in [-0.15, -0.1) is 0 Å². The van der Waals surface area contributed by atoms with Crippen molar-refractivity contribution in [2.75, 3.05) is 5.32 Å². The second-order valence-electron chi connectivity index (χ2n) is 5.93. The quantitative estimate of drug-likeness (QED) is 0.776. The van der Waals surface area contributed by atoms with Crippen LogP contribution in [-0.4, -0.2) is 6.04 Å². The maximum Gasteiger partial charge on any atom is 0.0549 e. The third kappa shape index (κ3) is 3.17. The van der Waals surface area contributed by atoms with Gasteiger partial charge in [0.15, 0.2) is 0 Å². The first-order valence-corrected chi connectivity index (χ1v) is 7.26. The van der Waals surface area contributed by atoms with E-state index in [1.165, 1.54) is 12.8 Å². The molecule has 0 amide bonds. The molecule has 94 valence electrons. The van der Waals surface area contributed by atoms with E-state index in [0.717, 1.165) is 21.1 Å². The van der Waals surface area contributed by atoms with Crippen molar-refractivity contribution in [3.8, 4) is 0 Å². The highest BCUT2D eigenvalue weighted by molar-refractivity contribution is 9.10. The summed E-state index contributed by atoms with van der Waals surface area (Å²) in [6, 6.07) is 6.60. The summed E-state index contributed by atoms with van der Waals surface area (Å²) in [6.07, 6.45) is 2.52. The second kappa shape index (κ2) is 4.81. The van der Waals surface area contributed by atoms with Crippen molar-refractivity contribution in [2.45, 2.75) is 39.7 Å². The molecule has 0 saturated heterocycles. The van der Waals surface area contributed by atoms with E-state index in [1.807, 2.05) is 12.1 Å². The van der Waals surface area contributed by atoms with Crippen LogP contribution in [0.25, 0.3) is 0 Å². The molecule has 17 heavy (non-hydrogen) atoms. The molecule has 1 aromatic rings. The van der Waals surface area contributed by atoms with Crippen LogP contribution in [0.5, 0.6) is 0 Å². The zero-order chi connectivity index (χ0) is 12.6. The van der Waals surface area contributed by atoms with E-state index in [-0.39, 0.29) is 0 Å². The van der Waals surface area contributed by atoms with E-state index >= 15 is 0 Å². The van der Waals surface area contributed by atoms with Crippen LogP contribution in [0.2, 0.25) is 5.02 Å². The van der Waals surface area contributed by atoms with Crippen molar-refractivity contribution in [3.05, 3.63) is 27.7 Å². The van der Waals surface area contributed by atoms with Gasteiger partial charge >= 0.3 is 0 Å². The maximum absolute atomic E-state index is 6.00. The molecule has 0 spiro atoms. The molecular formula is C14H19BrClN. The van der Waals surface area contributed by atoms with Crippen LogP contribution in [0.4, 0.5) is 5.69 Å². The Morgan fingerprint density at radius 1 is 1.35 bits per heavy atom. The van der Waals surface area contributed by atoms with E-state index < -0.39 is 0 Å². The Morgan fingerprint density at radius 3 is 2.59 bits per heavy atom. The molecule has 0 aromatic heterocycles. The maximum atomic E-state index is 6.00. The van der Waals surface area contributed by atoms with Gasteiger partial charge in [0.1, 0.15) is 0 Å². The van der Waals surface area contributed by atoms with Gasteiger partial charge in [0.25, 0.3) is 0 Å². The first-order chi connectivity index (χ1) is 7.87. The summed E-state index contributed by atoms with van der Waals surface area (Å²) in [7, 11) is 0. The molecule has 2 rings (SSSR count). The summed E-state index contributed by atoms with van der Waals surface area (Å²) in [5, 5.41) is 4.39. The summed E-state index contributed by atoms with van der Waals surface area (Å²) in [4.78, 5) is 0. The van der Waals surface area contributed by atoms with E-state index in [9.17, 15) is 0 Å². The molecule has 1 saturated carbocycles. The van der Waals surface area contributed by atoms with Crippen LogP contribution in [0, 0.1) is 11.3 Å². The lowest BCUT2D eigenvalue weighted by atomic mass is 9.91. The Kier molecular flexibility index (Phi) is 3.74. The summed E-state index contributed by atoms with van der Waals surface area (Å²) in [5.41, 5.74) is 1.61. The number of benzene rings is 1. The summed E-state index contributed by atoms with van der Waals surface area (Å²) >= 11 is 9.46. The van der Waals surface area contributed by atoms with Gasteiger partial charge in [0.05, 0.1) is 5.02 Å². The predicted octanol–water partition coefficient (Wildman–Crippen LogP) is 5.34. The van der Waals surface area contributed by atoms with Gasteiger partial charge in [-0.2, -0.15) is 0 Å². The summed E-state index contributed by atoms with van der Waals surface area (Å²) in [6.45, 7) is 7.03. The molecule has 1 aliphatic carbocycles. The van der Waals surface area contributed by atoms with Crippen molar-refractivity contribution in [3.63, 3.8) is 0 Å². The Hall–Kier alpha value is -0.210. The minimum atomic E-state index is 0.459. The average molecular weight is 317 g/mol. The van der Waals surface area contributed by atoms with Gasteiger partial charge < -0.3 is 5.32 Å². The lowest BCUT2D eigenvalue weighted by molar-refractivity contribution is 0.366. The van der Waals surface area contributed by atoms with Crippen molar-refractivity contribution in [2.24, 2.45) is 11.3 Å². The molecule has 1 fully saturated rings. The third-order valence-corrected chi connectivity index (χ3v) is 4.82. The molecule has 0 aliphatic heterocycles. The van der Waals surface area contributed by atoms with Crippen molar-refractivity contribution >= 4 is 33.2 Å². The molecule has 1 aromatic carbocycles. The fourth-order valence-electron chi connectivity index (χ4n) is 2.89. The largest absolute Gasteiger partial charge is 0.382 e. The number of nitrogens with one attached hydrogen (secondary N) is 1. The number of halogens is 2. The van der Waals surface area contributed by atoms with E-state index in [0.29, 0.717) is 11.5 Å². The van der Waals surface area contributed by atoms with Crippen molar-refractivity contribution in [1.29, 1.82) is 0 Å². The summed E-state index contributed by atoms with van der Waals surface area (Å²) in [5.74, 6) is 0.722. The molecule has 0 heterocycles. The molecule has 3 heteroatoms. The first kappa shape index (κ1) is 13.2. The van der Waals surface area contributed by atoms with Crippen LogP contribution in [0.15, 0.2) is 22.7 Å². The van der Waals surface area contributed by atoms with Gasteiger partial charge in [-0.25, -0.2) is 0 Å². The summed E-state index contributed by atoms with van der Waals surface area (Å²) < 4.78 is 0.953. The minimum absolute atomic E-state index is 0.459. The fourth-order valence-corrected chi connectivity index (χ4v) is 3.38. The second-order valence-corrected chi connectivity index (χ2v) is 7.19. The van der Waals surface area contributed by atoms with Crippen molar-refractivity contribution < 1.29 is 0 Å². The standard InChI is InChI=1S/C14H19BrClN/c1-9-7-14(2,3)8-13(9)17-10-4-5-12(16)11(15)6-10/h4-6,9,13,17H,7-8H2,1-3H3. The van der Waals surface area contributed by atoms with Crippen LogP contribution in [0.3, 0.4) is 0 Å². The number of rotatable bonds is 2. The van der Waals surface area contributed by atoms with E-state index in [1.54, 1.807) is 0 Å². The predicted molar refractivity (Wildman–Crippen MR) is 78.7 cm³/mol. The lowest BCUT2D eigenvalue weighted by Crippen LogP contribution is -2.22. The highest BCUT2D eigenvalue weighted by atomic mass is 79.9. The zero-order valence-corrected chi connectivity index (χ0v) is 12.9. The highest BCUT2D eigenvalue weighted by Gasteiger charge is 2.36. The van der Waals surface area contributed by atoms with Crippen LogP contribution in [0.1, 0.15) is 33.6 Å². The fraction of sp³-hybridized carbons (Fsp3) is 0.571. The highest BCUT2D eigenvalue weighted by Crippen LogP contribution is 2.42. The zero-order valence-electron chi connectivity index (χ0n) is 10.6. The van der Waals surface area contributed by atoms with Crippen molar-refractivity contribution in [1.82, 2.24) is 0 Å². The Labute approximate surface area is 117 Å². The monoisotopic (exact) mass is 315 g/mol. The first-order valence-electron chi connectivity index (χ1n) is 6.09. The van der Waals surface area contributed by atoms with Crippen LogP contribution in [-0.2, 0) is 0 Å².